The third kappa shape index (κ3) is 2.33. The highest BCUT2D eigenvalue weighted by atomic mass is 14.9. The monoisotopic (exact) mass is 201 g/mol. The van der Waals surface area contributed by atoms with Crippen LogP contribution >= 0.6 is 0 Å². The van der Waals surface area contributed by atoms with Crippen molar-refractivity contribution in [1.82, 2.24) is 9.97 Å². The number of hydrogen-bond acceptors (Lipinski definition) is 3. The zero-order chi connectivity index (χ0) is 10.7. The maximum absolute atomic E-state index is 8.84. The molecule has 1 aliphatic carbocycles. The van der Waals surface area contributed by atoms with Crippen LogP contribution in [0, 0.1) is 18.3 Å². The predicted octanol–water partition coefficient (Wildman–Crippen LogP) is 2.70. The molecule has 0 spiro atoms. The van der Waals surface area contributed by atoms with Gasteiger partial charge in [0.25, 0.3) is 0 Å². The average molecular weight is 201 g/mol. The Morgan fingerprint density at radius 3 is 2.67 bits per heavy atom. The Hall–Kier alpha value is -1.43. The fourth-order valence-corrected chi connectivity index (χ4v) is 2.19. The summed E-state index contributed by atoms with van der Waals surface area (Å²) >= 11 is 0. The van der Waals surface area contributed by atoms with Crippen LogP contribution in [0.5, 0.6) is 0 Å². The predicted molar refractivity (Wildman–Crippen MR) is 57.3 cm³/mol. The van der Waals surface area contributed by atoms with Gasteiger partial charge in [0.2, 0.25) is 0 Å². The van der Waals surface area contributed by atoms with E-state index in [-0.39, 0.29) is 0 Å². The summed E-state index contributed by atoms with van der Waals surface area (Å²) in [5.74, 6) is 1.36. The second kappa shape index (κ2) is 4.39. The van der Waals surface area contributed by atoms with Crippen molar-refractivity contribution in [3.63, 3.8) is 0 Å². The van der Waals surface area contributed by atoms with Gasteiger partial charge in [0.05, 0.1) is 0 Å². The van der Waals surface area contributed by atoms with Gasteiger partial charge in [-0.15, -0.1) is 0 Å². The number of rotatable bonds is 1. The summed E-state index contributed by atoms with van der Waals surface area (Å²) in [6, 6.07) is 3.84. The van der Waals surface area contributed by atoms with Crippen LogP contribution in [0.2, 0.25) is 0 Å². The molecule has 1 fully saturated rings. The van der Waals surface area contributed by atoms with Gasteiger partial charge >= 0.3 is 0 Å². The van der Waals surface area contributed by atoms with Crippen molar-refractivity contribution in [3.05, 3.63) is 23.3 Å². The Labute approximate surface area is 90.2 Å². The van der Waals surface area contributed by atoms with E-state index in [2.05, 4.69) is 16.0 Å². The minimum Gasteiger partial charge on any atom is -0.238 e. The third-order valence-electron chi connectivity index (χ3n) is 2.96. The first-order valence-corrected chi connectivity index (χ1v) is 5.55. The number of nitriles is 1. The molecule has 0 amide bonds. The van der Waals surface area contributed by atoms with E-state index in [9.17, 15) is 0 Å². The van der Waals surface area contributed by atoms with Crippen molar-refractivity contribution >= 4 is 0 Å². The van der Waals surface area contributed by atoms with Crippen LogP contribution in [0.25, 0.3) is 0 Å². The van der Waals surface area contributed by atoms with Gasteiger partial charge in [-0.3, -0.25) is 0 Å². The third-order valence-corrected chi connectivity index (χ3v) is 2.96. The quantitative estimate of drug-likeness (QED) is 0.702. The van der Waals surface area contributed by atoms with Gasteiger partial charge in [0.1, 0.15) is 17.6 Å². The fourth-order valence-electron chi connectivity index (χ4n) is 2.19. The van der Waals surface area contributed by atoms with Gasteiger partial charge in [-0.25, -0.2) is 9.97 Å². The first-order chi connectivity index (χ1) is 7.29. The molecule has 78 valence electrons. The van der Waals surface area contributed by atoms with Crippen LogP contribution in [0.1, 0.15) is 55.2 Å². The van der Waals surface area contributed by atoms with E-state index in [0.29, 0.717) is 11.6 Å². The van der Waals surface area contributed by atoms with E-state index in [1.165, 1.54) is 32.1 Å². The summed E-state index contributed by atoms with van der Waals surface area (Å²) in [4.78, 5) is 8.75. The molecule has 1 aromatic heterocycles. The van der Waals surface area contributed by atoms with Crippen molar-refractivity contribution in [2.75, 3.05) is 0 Å². The summed E-state index contributed by atoms with van der Waals surface area (Å²) in [5.41, 5.74) is 1.41. The van der Waals surface area contributed by atoms with Crippen LogP contribution < -0.4 is 0 Å². The number of nitrogens with zero attached hydrogens (tertiary/aromatic N) is 3. The van der Waals surface area contributed by atoms with E-state index >= 15 is 0 Å². The zero-order valence-electron chi connectivity index (χ0n) is 9.03. The zero-order valence-corrected chi connectivity index (χ0v) is 9.03. The lowest BCUT2D eigenvalue weighted by molar-refractivity contribution is 0.427. The van der Waals surface area contributed by atoms with E-state index < -0.39 is 0 Å². The molecule has 3 nitrogen and oxygen atoms in total. The molecule has 0 radical (unpaired) electrons. The van der Waals surface area contributed by atoms with Crippen molar-refractivity contribution in [3.8, 4) is 6.07 Å². The topological polar surface area (TPSA) is 49.6 Å². The Morgan fingerprint density at radius 1 is 1.27 bits per heavy atom. The highest BCUT2D eigenvalue weighted by Gasteiger charge is 2.18. The van der Waals surface area contributed by atoms with Gasteiger partial charge in [-0.05, 0) is 25.8 Å². The Balaban J connectivity index is 2.27. The molecular weight excluding hydrogens is 186 g/mol. The van der Waals surface area contributed by atoms with Gasteiger partial charge < -0.3 is 0 Å². The molecule has 0 atom stereocenters. The minimum absolute atomic E-state index is 0.478. The van der Waals surface area contributed by atoms with Crippen LogP contribution in [0.3, 0.4) is 0 Å². The standard InChI is InChI=1S/C12H15N3/c1-9-7-11(8-13)15-12(14-9)10-5-3-2-4-6-10/h7,10H,2-6H2,1H3. The molecule has 0 aromatic carbocycles. The van der Waals surface area contributed by atoms with Crippen LogP contribution in [0.15, 0.2) is 6.07 Å². The summed E-state index contributed by atoms with van der Waals surface area (Å²) < 4.78 is 0. The first kappa shape index (κ1) is 10.1. The smallest absolute Gasteiger partial charge is 0.144 e. The summed E-state index contributed by atoms with van der Waals surface area (Å²) in [6.07, 6.45) is 6.21. The number of aromatic nitrogens is 2. The van der Waals surface area contributed by atoms with E-state index in [4.69, 9.17) is 5.26 Å². The van der Waals surface area contributed by atoms with Crippen LogP contribution in [0.4, 0.5) is 0 Å². The molecule has 15 heavy (non-hydrogen) atoms. The van der Waals surface area contributed by atoms with Gasteiger partial charge in [-0.2, -0.15) is 5.26 Å². The molecule has 3 heteroatoms. The van der Waals surface area contributed by atoms with Crippen molar-refractivity contribution < 1.29 is 0 Å². The summed E-state index contributed by atoms with van der Waals surface area (Å²) in [6.45, 7) is 1.93. The molecule has 0 aliphatic heterocycles. The second-order valence-electron chi connectivity index (χ2n) is 4.20. The molecule has 1 aromatic rings. The molecule has 1 saturated carbocycles. The number of hydrogen-bond donors (Lipinski definition) is 0. The second-order valence-corrected chi connectivity index (χ2v) is 4.20. The highest BCUT2D eigenvalue weighted by Crippen LogP contribution is 2.30. The molecular formula is C12H15N3. The SMILES string of the molecule is Cc1cc(C#N)nc(C2CCCCC2)n1. The Morgan fingerprint density at radius 2 is 2.00 bits per heavy atom. The largest absolute Gasteiger partial charge is 0.238 e. The van der Waals surface area contributed by atoms with Gasteiger partial charge in [0.15, 0.2) is 0 Å². The lowest BCUT2D eigenvalue weighted by Crippen LogP contribution is -2.10. The molecule has 0 bridgehead atoms. The van der Waals surface area contributed by atoms with E-state index in [1.807, 2.05) is 6.92 Å². The summed E-state index contributed by atoms with van der Waals surface area (Å²) in [7, 11) is 0. The molecule has 2 rings (SSSR count). The van der Waals surface area contributed by atoms with E-state index in [0.717, 1.165) is 11.5 Å². The van der Waals surface area contributed by atoms with Crippen molar-refractivity contribution in [2.45, 2.75) is 44.9 Å². The minimum atomic E-state index is 0.478. The normalized spacial score (nSPS) is 17.3. The lowest BCUT2D eigenvalue weighted by atomic mass is 9.88. The Kier molecular flexibility index (Phi) is 2.96. The molecule has 1 heterocycles. The van der Waals surface area contributed by atoms with Gasteiger partial charge in [0, 0.05) is 11.6 Å². The molecule has 0 unspecified atom stereocenters. The maximum Gasteiger partial charge on any atom is 0.144 e. The van der Waals surface area contributed by atoms with Crippen LogP contribution in [-0.2, 0) is 0 Å². The first-order valence-electron chi connectivity index (χ1n) is 5.55. The average Bonchev–Trinajstić information content (AvgIpc) is 2.29. The fraction of sp³-hybridized carbons (Fsp3) is 0.583. The van der Waals surface area contributed by atoms with Crippen LogP contribution in [-0.4, -0.2) is 9.97 Å². The lowest BCUT2D eigenvalue weighted by Gasteiger charge is -2.20. The molecule has 0 saturated heterocycles. The molecule has 1 aliphatic rings. The highest BCUT2D eigenvalue weighted by molar-refractivity contribution is 5.23. The molecule has 0 N–H and O–H groups in total. The van der Waals surface area contributed by atoms with Crippen molar-refractivity contribution in [2.24, 2.45) is 0 Å². The maximum atomic E-state index is 8.84. The van der Waals surface area contributed by atoms with E-state index in [1.54, 1.807) is 6.07 Å². The van der Waals surface area contributed by atoms with Gasteiger partial charge in [-0.1, -0.05) is 19.3 Å². The summed E-state index contributed by atoms with van der Waals surface area (Å²) in [5, 5.41) is 8.84. The number of aryl methyl sites for hydroxylation is 1. The Bertz CT molecular complexity index is 386. The van der Waals surface area contributed by atoms with Crippen molar-refractivity contribution in [1.29, 1.82) is 5.26 Å².